The molecule has 0 unspecified atom stereocenters. The van der Waals surface area contributed by atoms with Crippen LogP contribution in [0.2, 0.25) is 0 Å². The molecule has 4 nitrogen and oxygen atoms in total. The number of rotatable bonds is 8. The summed E-state index contributed by atoms with van der Waals surface area (Å²) < 4.78 is 4.96. The maximum atomic E-state index is 5.49. The second-order valence-electron chi connectivity index (χ2n) is 3.68. The van der Waals surface area contributed by atoms with Gasteiger partial charge in [-0.1, -0.05) is 26.7 Å². The van der Waals surface area contributed by atoms with Crippen LogP contribution in [-0.2, 0) is 4.74 Å². The van der Waals surface area contributed by atoms with E-state index < -0.39 is 0 Å². The quantitative estimate of drug-likeness (QED) is 0.213. The lowest BCUT2D eigenvalue weighted by molar-refractivity contribution is 0.207. The fourth-order valence-corrected chi connectivity index (χ4v) is 1.66. The Balaban J connectivity index is 4.22. The minimum Gasteiger partial charge on any atom is -0.383 e. The predicted molar refractivity (Wildman–Crippen MR) is 64.8 cm³/mol. The predicted octanol–water partition coefficient (Wildman–Crippen LogP) is 1.71. The normalized spacial score (nSPS) is 12.2. The molecule has 0 radical (unpaired) electrons. The summed E-state index contributed by atoms with van der Waals surface area (Å²) in [5, 5.41) is 0. The SMILES string of the molecule is CCCC(CCC)C(=NCCOC)NN. The van der Waals surface area contributed by atoms with E-state index in [-0.39, 0.29) is 0 Å². The average molecular weight is 215 g/mol. The Bertz CT molecular complexity index is 165. The van der Waals surface area contributed by atoms with Crippen molar-refractivity contribution < 1.29 is 4.74 Å². The van der Waals surface area contributed by atoms with E-state index >= 15 is 0 Å². The third-order valence-corrected chi connectivity index (χ3v) is 2.39. The molecule has 0 aromatic heterocycles. The van der Waals surface area contributed by atoms with Gasteiger partial charge in [0, 0.05) is 13.0 Å². The molecular weight excluding hydrogens is 190 g/mol. The first kappa shape index (κ1) is 14.4. The molecule has 0 aliphatic heterocycles. The molecule has 0 bridgehead atoms. The van der Waals surface area contributed by atoms with Crippen LogP contribution < -0.4 is 11.3 Å². The number of hydrogen-bond donors (Lipinski definition) is 2. The molecule has 0 saturated carbocycles. The van der Waals surface area contributed by atoms with Crippen molar-refractivity contribution in [3.05, 3.63) is 0 Å². The Labute approximate surface area is 93.3 Å². The summed E-state index contributed by atoms with van der Waals surface area (Å²) >= 11 is 0. The van der Waals surface area contributed by atoms with Crippen LogP contribution in [0.5, 0.6) is 0 Å². The summed E-state index contributed by atoms with van der Waals surface area (Å²) in [4.78, 5) is 4.43. The van der Waals surface area contributed by atoms with Gasteiger partial charge in [0.05, 0.1) is 13.2 Å². The first-order chi connectivity index (χ1) is 7.29. The Morgan fingerprint density at radius 2 is 1.93 bits per heavy atom. The molecule has 0 spiro atoms. The highest BCUT2D eigenvalue weighted by Crippen LogP contribution is 2.14. The zero-order chi connectivity index (χ0) is 11.5. The number of nitrogens with zero attached hydrogens (tertiary/aromatic N) is 1. The van der Waals surface area contributed by atoms with E-state index in [9.17, 15) is 0 Å². The van der Waals surface area contributed by atoms with Gasteiger partial charge >= 0.3 is 0 Å². The van der Waals surface area contributed by atoms with E-state index in [1.54, 1.807) is 7.11 Å². The largest absolute Gasteiger partial charge is 0.383 e. The molecule has 15 heavy (non-hydrogen) atoms. The molecule has 0 fully saturated rings. The van der Waals surface area contributed by atoms with E-state index in [0.29, 0.717) is 19.1 Å². The van der Waals surface area contributed by atoms with Gasteiger partial charge in [-0.15, -0.1) is 0 Å². The number of methoxy groups -OCH3 is 1. The second kappa shape index (κ2) is 9.93. The van der Waals surface area contributed by atoms with Gasteiger partial charge in [0.2, 0.25) is 0 Å². The Morgan fingerprint density at radius 3 is 2.33 bits per heavy atom. The fraction of sp³-hybridized carbons (Fsp3) is 0.909. The van der Waals surface area contributed by atoms with E-state index in [1.807, 2.05) is 0 Å². The van der Waals surface area contributed by atoms with Crippen molar-refractivity contribution in [3.8, 4) is 0 Å². The number of nitrogens with one attached hydrogen (secondary N) is 1. The molecule has 0 atom stereocenters. The zero-order valence-corrected chi connectivity index (χ0v) is 10.3. The highest BCUT2D eigenvalue weighted by Gasteiger charge is 2.12. The lowest BCUT2D eigenvalue weighted by Crippen LogP contribution is -2.36. The molecule has 0 saturated heterocycles. The summed E-state index contributed by atoms with van der Waals surface area (Å²) in [5.41, 5.74) is 2.73. The summed E-state index contributed by atoms with van der Waals surface area (Å²) in [6.07, 6.45) is 4.61. The Morgan fingerprint density at radius 1 is 1.33 bits per heavy atom. The number of hydrogen-bond acceptors (Lipinski definition) is 3. The minimum atomic E-state index is 0.474. The molecule has 0 heterocycles. The van der Waals surface area contributed by atoms with E-state index in [2.05, 4.69) is 24.3 Å². The van der Waals surface area contributed by atoms with E-state index in [1.165, 1.54) is 0 Å². The molecule has 3 N–H and O–H groups in total. The van der Waals surface area contributed by atoms with Gasteiger partial charge in [-0.25, -0.2) is 5.84 Å². The number of ether oxygens (including phenoxy) is 1. The third-order valence-electron chi connectivity index (χ3n) is 2.39. The van der Waals surface area contributed by atoms with E-state index in [4.69, 9.17) is 10.6 Å². The molecule has 0 aliphatic carbocycles. The molecule has 0 aromatic carbocycles. The topological polar surface area (TPSA) is 59.6 Å². The highest BCUT2D eigenvalue weighted by molar-refractivity contribution is 5.84. The first-order valence-electron chi connectivity index (χ1n) is 5.79. The summed E-state index contributed by atoms with van der Waals surface area (Å²) in [7, 11) is 1.68. The molecule has 0 aromatic rings. The lowest BCUT2D eigenvalue weighted by Gasteiger charge is -2.17. The first-order valence-corrected chi connectivity index (χ1v) is 5.79. The monoisotopic (exact) mass is 215 g/mol. The summed E-state index contributed by atoms with van der Waals surface area (Å²) in [6.45, 7) is 5.70. The molecule has 0 rings (SSSR count). The van der Waals surface area contributed by atoms with Crippen LogP contribution in [0.1, 0.15) is 39.5 Å². The van der Waals surface area contributed by atoms with Crippen LogP contribution >= 0.6 is 0 Å². The number of hydrazine groups is 1. The van der Waals surface area contributed by atoms with Crippen molar-refractivity contribution in [1.29, 1.82) is 0 Å². The summed E-state index contributed by atoms with van der Waals surface area (Å²) in [5.74, 6) is 6.90. The molecule has 0 amide bonds. The van der Waals surface area contributed by atoms with Crippen molar-refractivity contribution in [1.82, 2.24) is 5.43 Å². The Kier molecular flexibility index (Phi) is 9.52. The fourth-order valence-electron chi connectivity index (χ4n) is 1.66. The third kappa shape index (κ3) is 6.47. The van der Waals surface area contributed by atoms with Crippen LogP contribution in [0.3, 0.4) is 0 Å². The molecule has 90 valence electrons. The van der Waals surface area contributed by atoms with Gasteiger partial charge in [0.15, 0.2) is 0 Å². The van der Waals surface area contributed by atoms with Crippen LogP contribution in [-0.4, -0.2) is 26.1 Å². The van der Waals surface area contributed by atoms with Crippen molar-refractivity contribution in [2.75, 3.05) is 20.3 Å². The van der Waals surface area contributed by atoms with Gasteiger partial charge in [-0.2, -0.15) is 0 Å². The van der Waals surface area contributed by atoms with Gasteiger partial charge in [0.1, 0.15) is 5.84 Å². The van der Waals surface area contributed by atoms with Crippen molar-refractivity contribution in [2.45, 2.75) is 39.5 Å². The zero-order valence-electron chi connectivity index (χ0n) is 10.3. The Hall–Kier alpha value is -0.610. The van der Waals surface area contributed by atoms with Crippen molar-refractivity contribution in [3.63, 3.8) is 0 Å². The highest BCUT2D eigenvalue weighted by atomic mass is 16.5. The maximum Gasteiger partial charge on any atom is 0.113 e. The van der Waals surface area contributed by atoms with Crippen LogP contribution in [0.25, 0.3) is 0 Å². The van der Waals surface area contributed by atoms with Crippen LogP contribution in [0, 0.1) is 5.92 Å². The second-order valence-corrected chi connectivity index (χ2v) is 3.68. The van der Waals surface area contributed by atoms with Crippen LogP contribution in [0.15, 0.2) is 4.99 Å². The van der Waals surface area contributed by atoms with Crippen molar-refractivity contribution >= 4 is 5.84 Å². The molecule has 0 aliphatic rings. The number of aliphatic imine (C=N–C) groups is 1. The van der Waals surface area contributed by atoms with Gasteiger partial charge < -0.3 is 10.2 Å². The van der Waals surface area contributed by atoms with Gasteiger partial charge in [-0.05, 0) is 12.8 Å². The van der Waals surface area contributed by atoms with Crippen LogP contribution in [0.4, 0.5) is 0 Å². The standard InChI is InChI=1S/C11H25N3O/c1-4-6-10(7-5-2)11(14-12)13-8-9-15-3/h10H,4-9,12H2,1-3H3,(H,13,14). The molecule has 4 heteroatoms. The van der Waals surface area contributed by atoms with Gasteiger partial charge in [-0.3, -0.25) is 4.99 Å². The number of amidine groups is 1. The van der Waals surface area contributed by atoms with Gasteiger partial charge in [0.25, 0.3) is 0 Å². The minimum absolute atomic E-state index is 0.474. The average Bonchev–Trinajstić information content (AvgIpc) is 2.24. The number of nitrogens with two attached hydrogens (primary N) is 1. The summed E-state index contributed by atoms with van der Waals surface area (Å²) in [6, 6.07) is 0. The van der Waals surface area contributed by atoms with E-state index in [0.717, 1.165) is 31.5 Å². The smallest absolute Gasteiger partial charge is 0.113 e. The van der Waals surface area contributed by atoms with Crippen molar-refractivity contribution in [2.24, 2.45) is 16.8 Å². The maximum absolute atomic E-state index is 5.49. The lowest BCUT2D eigenvalue weighted by atomic mass is 9.97. The molecular formula is C11H25N3O.